The molecule has 0 unspecified atom stereocenters. The second-order valence-corrected chi connectivity index (χ2v) is 12.8. The van der Waals surface area contributed by atoms with Crippen LogP contribution in [0.3, 0.4) is 0 Å². The van der Waals surface area contributed by atoms with Crippen molar-refractivity contribution in [3.63, 3.8) is 0 Å². The summed E-state index contributed by atoms with van der Waals surface area (Å²) in [6.45, 7) is 11.2. The molecule has 1 amide bonds. The zero-order valence-electron chi connectivity index (χ0n) is 22.2. The van der Waals surface area contributed by atoms with Gasteiger partial charge in [0.05, 0.1) is 10.7 Å². The number of amides is 1. The number of rotatable bonds is 6. The van der Waals surface area contributed by atoms with Gasteiger partial charge in [0.1, 0.15) is 0 Å². The van der Waals surface area contributed by atoms with E-state index < -0.39 is 0 Å². The Morgan fingerprint density at radius 1 is 1.03 bits per heavy atom. The molecule has 3 heterocycles. The second-order valence-electron chi connectivity index (χ2n) is 11.9. The summed E-state index contributed by atoms with van der Waals surface area (Å²) in [7, 11) is 0. The smallest absolute Gasteiger partial charge is 0.222 e. The van der Waals surface area contributed by atoms with Crippen LogP contribution >= 0.6 is 11.3 Å². The van der Waals surface area contributed by atoms with Gasteiger partial charge in [-0.2, -0.15) is 0 Å². The van der Waals surface area contributed by atoms with Gasteiger partial charge in [-0.1, -0.05) is 45.9 Å². The highest BCUT2D eigenvalue weighted by molar-refractivity contribution is 7.10. The van der Waals surface area contributed by atoms with E-state index in [1.54, 1.807) is 11.3 Å². The highest BCUT2D eigenvalue weighted by atomic mass is 32.1. The summed E-state index contributed by atoms with van der Waals surface area (Å²) >= 11 is 1.79. The molecule has 1 aliphatic heterocycles. The second kappa shape index (κ2) is 10.1. The van der Waals surface area contributed by atoms with Crippen LogP contribution in [0.1, 0.15) is 94.0 Å². The van der Waals surface area contributed by atoms with Crippen LogP contribution < -0.4 is 0 Å². The van der Waals surface area contributed by atoms with Gasteiger partial charge in [0.15, 0.2) is 0 Å². The molecule has 2 aliphatic rings. The van der Waals surface area contributed by atoms with E-state index >= 15 is 0 Å². The van der Waals surface area contributed by atoms with Crippen LogP contribution in [0.25, 0.3) is 11.3 Å². The average molecular weight is 502 g/mol. The molecule has 2 aromatic heterocycles. The normalized spacial score (nSPS) is 19.2. The van der Waals surface area contributed by atoms with Gasteiger partial charge in [-0.25, -0.2) is 4.98 Å². The van der Waals surface area contributed by atoms with Crippen molar-refractivity contribution in [3.8, 4) is 11.3 Å². The van der Waals surface area contributed by atoms with Crippen molar-refractivity contribution in [2.24, 2.45) is 0 Å². The van der Waals surface area contributed by atoms with Gasteiger partial charge < -0.3 is 4.90 Å². The first-order chi connectivity index (χ1) is 17.2. The maximum atomic E-state index is 12.7. The van der Waals surface area contributed by atoms with E-state index in [0.29, 0.717) is 12.3 Å². The van der Waals surface area contributed by atoms with Crippen molar-refractivity contribution >= 4 is 17.2 Å². The molecule has 0 N–H and O–H groups in total. The number of thiazole rings is 1. The van der Waals surface area contributed by atoms with Crippen molar-refractivity contribution in [2.75, 3.05) is 13.1 Å². The van der Waals surface area contributed by atoms with Crippen LogP contribution in [0.4, 0.5) is 0 Å². The van der Waals surface area contributed by atoms with Crippen molar-refractivity contribution in [2.45, 2.75) is 89.4 Å². The molecule has 190 valence electrons. The van der Waals surface area contributed by atoms with Gasteiger partial charge in [0.2, 0.25) is 5.91 Å². The summed E-state index contributed by atoms with van der Waals surface area (Å²) in [6, 6.07) is 13.0. The van der Waals surface area contributed by atoms with Crippen molar-refractivity contribution in [1.29, 1.82) is 0 Å². The minimum Gasteiger partial charge on any atom is -0.343 e. The zero-order valence-corrected chi connectivity index (χ0v) is 23.0. The number of hydrogen-bond acceptors (Lipinski definition) is 4. The average Bonchev–Trinajstić information content (AvgIpc) is 3.38. The fourth-order valence-electron chi connectivity index (χ4n) is 5.86. The highest BCUT2D eigenvalue weighted by Crippen LogP contribution is 2.47. The predicted molar refractivity (Wildman–Crippen MR) is 149 cm³/mol. The first-order valence-corrected chi connectivity index (χ1v) is 14.4. The number of aromatic nitrogens is 2. The summed E-state index contributed by atoms with van der Waals surface area (Å²) in [5.74, 6) is 0.734. The first kappa shape index (κ1) is 25.1. The van der Waals surface area contributed by atoms with Crippen molar-refractivity contribution < 1.29 is 4.79 Å². The number of carbonyl (C=O) groups excluding carboxylic acids is 1. The maximum Gasteiger partial charge on any atom is 0.222 e. The molecule has 0 bridgehead atoms. The minimum atomic E-state index is 0.205. The molecular formula is C31H39N3OS. The molecule has 1 aliphatic carbocycles. The van der Waals surface area contributed by atoms with Crippen LogP contribution in [0.2, 0.25) is 0 Å². The Morgan fingerprint density at radius 2 is 1.78 bits per heavy atom. The van der Waals surface area contributed by atoms with Crippen LogP contribution in [0, 0.1) is 0 Å². The Bertz CT molecular complexity index is 1210. The topological polar surface area (TPSA) is 46.1 Å². The van der Waals surface area contributed by atoms with Crippen LogP contribution in [0.15, 0.2) is 48.0 Å². The fraction of sp³-hybridized carbons (Fsp3) is 0.516. The third-order valence-electron chi connectivity index (χ3n) is 8.42. The lowest BCUT2D eigenvalue weighted by molar-refractivity contribution is -0.132. The molecule has 36 heavy (non-hydrogen) atoms. The first-order valence-electron chi connectivity index (χ1n) is 13.5. The molecule has 1 fully saturated rings. The van der Waals surface area contributed by atoms with E-state index in [-0.39, 0.29) is 16.7 Å². The van der Waals surface area contributed by atoms with E-state index in [1.807, 2.05) is 24.4 Å². The van der Waals surface area contributed by atoms with E-state index in [9.17, 15) is 4.79 Å². The van der Waals surface area contributed by atoms with Gasteiger partial charge in [0.25, 0.3) is 0 Å². The molecule has 0 spiro atoms. The molecule has 0 radical (unpaired) electrons. The molecule has 5 heteroatoms. The minimum absolute atomic E-state index is 0.205. The van der Waals surface area contributed by atoms with Gasteiger partial charge in [0, 0.05) is 48.3 Å². The number of hydrogen-bond donors (Lipinski definition) is 0. The van der Waals surface area contributed by atoms with Gasteiger partial charge >= 0.3 is 0 Å². The van der Waals surface area contributed by atoms with Crippen LogP contribution in [-0.2, 0) is 22.0 Å². The molecule has 4 nitrogen and oxygen atoms in total. The molecule has 0 atom stereocenters. The van der Waals surface area contributed by atoms with Crippen LogP contribution in [-0.4, -0.2) is 33.9 Å². The van der Waals surface area contributed by atoms with Crippen molar-refractivity contribution in [3.05, 3.63) is 69.8 Å². The Hall–Kier alpha value is -2.53. The summed E-state index contributed by atoms with van der Waals surface area (Å²) in [4.78, 5) is 24.2. The number of nitrogens with zero attached hydrogens (tertiary/aromatic N) is 3. The summed E-state index contributed by atoms with van der Waals surface area (Å²) < 4.78 is 0. The standard InChI is InChI=1S/C31H39N3OS/c1-30(2)15-16-31(3,4)26-20-23(11-12-25(26)30)27-21-36-29(33-27)22-13-18-34(19-14-22)28(35)10-7-9-24-8-5-6-17-32-24/h5-6,8,11-12,17,20-22H,7,9-10,13-16,18-19H2,1-4H3. The molecule has 1 saturated heterocycles. The highest BCUT2D eigenvalue weighted by Gasteiger charge is 2.37. The van der Waals surface area contributed by atoms with Gasteiger partial charge in [-0.15, -0.1) is 11.3 Å². The molecular weight excluding hydrogens is 462 g/mol. The monoisotopic (exact) mass is 501 g/mol. The lowest BCUT2D eigenvalue weighted by Crippen LogP contribution is -2.37. The number of aryl methyl sites for hydroxylation is 1. The third-order valence-corrected chi connectivity index (χ3v) is 9.42. The lowest BCUT2D eigenvalue weighted by atomic mass is 9.63. The van der Waals surface area contributed by atoms with Gasteiger partial charge in [-0.05, 0) is 78.7 Å². The van der Waals surface area contributed by atoms with E-state index in [1.165, 1.54) is 34.5 Å². The summed E-state index contributed by atoms with van der Waals surface area (Å²) in [6.07, 6.45) is 8.61. The number of carbonyl (C=O) groups is 1. The molecule has 3 aromatic rings. The molecule has 0 saturated carbocycles. The fourth-order valence-corrected chi connectivity index (χ4v) is 6.86. The number of benzene rings is 1. The Kier molecular flexibility index (Phi) is 7.04. The predicted octanol–water partition coefficient (Wildman–Crippen LogP) is 7.28. The van der Waals surface area contributed by atoms with E-state index in [4.69, 9.17) is 4.98 Å². The van der Waals surface area contributed by atoms with E-state index in [0.717, 1.165) is 50.2 Å². The summed E-state index contributed by atoms with van der Waals surface area (Å²) in [5, 5.41) is 3.46. The Morgan fingerprint density at radius 3 is 2.50 bits per heavy atom. The SMILES string of the molecule is CC1(C)CCC(C)(C)c2cc(-c3csc(C4CCN(C(=O)CCCc5ccccn5)CC4)n3)ccc21. The van der Waals surface area contributed by atoms with Crippen LogP contribution in [0.5, 0.6) is 0 Å². The van der Waals surface area contributed by atoms with E-state index in [2.05, 4.69) is 61.2 Å². The summed E-state index contributed by atoms with van der Waals surface area (Å²) in [5.41, 5.74) is 6.83. The zero-order chi connectivity index (χ0) is 25.3. The largest absolute Gasteiger partial charge is 0.343 e. The van der Waals surface area contributed by atoms with Gasteiger partial charge in [-0.3, -0.25) is 9.78 Å². The third kappa shape index (κ3) is 5.27. The van der Waals surface area contributed by atoms with Crippen molar-refractivity contribution in [1.82, 2.24) is 14.9 Å². The number of pyridine rings is 1. The Labute approximate surface area is 220 Å². The molecule has 5 rings (SSSR count). The number of likely N-dealkylation sites (tertiary alicyclic amines) is 1. The molecule has 1 aromatic carbocycles. The maximum absolute atomic E-state index is 12.7. The lowest BCUT2D eigenvalue weighted by Gasteiger charge is -2.42. The Balaban J connectivity index is 1.19. The quantitative estimate of drug-likeness (QED) is 0.356. The number of fused-ring (bicyclic) bond motifs is 1. The number of piperidine rings is 1.